The van der Waals surface area contributed by atoms with Gasteiger partial charge in [-0.25, -0.2) is 13.1 Å². The molecule has 160 valence electrons. The number of carbonyl (C=O) groups excluding carboxylic acids is 1. The first-order valence-corrected chi connectivity index (χ1v) is 11.4. The summed E-state index contributed by atoms with van der Waals surface area (Å²) < 4.78 is 39.3. The molecule has 0 radical (unpaired) electrons. The minimum atomic E-state index is -3.69. The molecule has 2 aromatic carbocycles. The number of likely N-dealkylation sites (tertiary alicyclic amines) is 1. The highest BCUT2D eigenvalue weighted by Crippen LogP contribution is 2.36. The maximum atomic E-state index is 12.8. The molecule has 1 saturated heterocycles. The van der Waals surface area contributed by atoms with Gasteiger partial charge in [-0.2, -0.15) is 0 Å². The van der Waals surface area contributed by atoms with E-state index in [2.05, 4.69) is 14.9 Å². The Morgan fingerprint density at radius 3 is 2.47 bits per heavy atom. The van der Waals surface area contributed by atoms with E-state index in [1.165, 1.54) is 19.1 Å². The molecule has 2 heterocycles. The van der Waals surface area contributed by atoms with E-state index < -0.39 is 10.0 Å². The summed E-state index contributed by atoms with van der Waals surface area (Å²) in [6.07, 6.45) is 2.19. The van der Waals surface area contributed by atoms with Gasteiger partial charge in [0, 0.05) is 25.2 Å². The van der Waals surface area contributed by atoms with Crippen molar-refractivity contribution in [1.82, 2.24) is 9.62 Å². The van der Waals surface area contributed by atoms with Gasteiger partial charge in [0.05, 0.1) is 4.90 Å². The molecule has 1 fully saturated rings. The molecule has 1 atom stereocenters. The molecule has 0 bridgehead atoms. The second kappa shape index (κ2) is 8.63. The zero-order chi connectivity index (χ0) is 21.1. The molecule has 2 aliphatic heterocycles. The monoisotopic (exact) mass is 431 g/mol. The van der Waals surface area contributed by atoms with Crippen LogP contribution in [0.3, 0.4) is 0 Å². The Bertz CT molecular complexity index is 1020. The van der Waals surface area contributed by atoms with Crippen molar-refractivity contribution in [2.24, 2.45) is 0 Å². The number of nitrogens with one attached hydrogen (secondary N) is 2. The molecule has 0 aliphatic carbocycles. The van der Waals surface area contributed by atoms with Gasteiger partial charge in [0.2, 0.25) is 22.7 Å². The molecule has 2 aromatic rings. The summed E-state index contributed by atoms with van der Waals surface area (Å²) in [6, 6.07) is 11.8. The third-order valence-corrected chi connectivity index (χ3v) is 6.75. The first-order chi connectivity index (χ1) is 14.4. The Balaban J connectivity index is 1.51. The number of benzene rings is 2. The molecule has 0 aromatic heterocycles. The van der Waals surface area contributed by atoms with Gasteiger partial charge in [-0.05, 0) is 67.9 Å². The fourth-order valence-corrected chi connectivity index (χ4v) is 4.86. The zero-order valence-corrected chi connectivity index (χ0v) is 17.6. The Morgan fingerprint density at radius 2 is 1.77 bits per heavy atom. The van der Waals surface area contributed by atoms with Crippen LogP contribution in [-0.2, 0) is 14.8 Å². The van der Waals surface area contributed by atoms with Crippen molar-refractivity contribution < 1.29 is 22.7 Å². The summed E-state index contributed by atoms with van der Waals surface area (Å²) in [5, 5.41) is 2.63. The van der Waals surface area contributed by atoms with Crippen LogP contribution in [-0.4, -0.2) is 45.7 Å². The van der Waals surface area contributed by atoms with Crippen molar-refractivity contribution in [3.63, 3.8) is 0 Å². The predicted molar refractivity (Wildman–Crippen MR) is 112 cm³/mol. The van der Waals surface area contributed by atoms with Gasteiger partial charge in [0.25, 0.3) is 0 Å². The van der Waals surface area contributed by atoms with Crippen molar-refractivity contribution in [2.45, 2.75) is 30.7 Å². The minimum absolute atomic E-state index is 0.101. The largest absolute Gasteiger partial charge is 0.454 e. The smallest absolute Gasteiger partial charge is 0.240 e. The molecule has 30 heavy (non-hydrogen) atoms. The third kappa shape index (κ3) is 4.58. The van der Waals surface area contributed by atoms with Crippen LogP contribution >= 0.6 is 0 Å². The van der Waals surface area contributed by atoms with E-state index in [1.54, 1.807) is 12.1 Å². The summed E-state index contributed by atoms with van der Waals surface area (Å²) >= 11 is 0. The van der Waals surface area contributed by atoms with Gasteiger partial charge >= 0.3 is 0 Å². The number of ether oxygens (including phenoxy) is 2. The van der Waals surface area contributed by atoms with Gasteiger partial charge in [0.15, 0.2) is 11.5 Å². The summed E-state index contributed by atoms with van der Waals surface area (Å²) in [4.78, 5) is 13.6. The Labute approximate surface area is 176 Å². The minimum Gasteiger partial charge on any atom is -0.454 e. The van der Waals surface area contributed by atoms with E-state index in [4.69, 9.17) is 9.47 Å². The summed E-state index contributed by atoms with van der Waals surface area (Å²) in [5.74, 6) is 1.19. The Kier molecular flexibility index (Phi) is 5.94. The topological polar surface area (TPSA) is 97.0 Å². The molecule has 9 heteroatoms. The van der Waals surface area contributed by atoms with Crippen molar-refractivity contribution >= 4 is 21.6 Å². The normalized spacial score (nSPS) is 17.1. The van der Waals surface area contributed by atoms with E-state index in [1.807, 2.05) is 18.2 Å². The van der Waals surface area contributed by atoms with Crippen LogP contribution in [0.2, 0.25) is 0 Å². The molecular formula is C21H25N3O5S. The average Bonchev–Trinajstić information content (AvgIpc) is 3.40. The van der Waals surface area contributed by atoms with Crippen LogP contribution in [0.15, 0.2) is 47.4 Å². The first kappa shape index (κ1) is 20.6. The number of rotatable bonds is 7. The number of amides is 1. The van der Waals surface area contributed by atoms with E-state index in [0.29, 0.717) is 17.2 Å². The molecule has 0 spiro atoms. The SMILES string of the molecule is CC(=O)Nc1ccc(S(=O)(=O)NCC(c2ccc3c(c2)OCO3)N2CCCC2)cc1. The highest BCUT2D eigenvalue weighted by molar-refractivity contribution is 7.89. The van der Waals surface area contributed by atoms with Crippen molar-refractivity contribution in [3.8, 4) is 11.5 Å². The van der Waals surface area contributed by atoms with Crippen molar-refractivity contribution in [2.75, 3.05) is 31.7 Å². The number of anilines is 1. The quantitative estimate of drug-likeness (QED) is 0.699. The van der Waals surface area contributed by atoms with Crippen LogP contribution < -0.4 is 19.5 Å². The highest BCUT2D eigenvalue weighted by Gasteiger charge is 2.27. The second-order valence-corrected chi connectivity index (χ2v) is 9.20. The highest BCUT2D eigenvalue weighted by atomic mass is 32.2. The second-order valence-electron chi connectivity index (χ2n) is 7.43. The molecule has 4 rings (SSSR count). The molecule has 8 nitrogen and oxygen atoms in total. The van der Waals surface area contributed by atoms with Gasteiger partial charge in [-0.3, -0.25) is 9.69 Å². The first-order valence-electron chi connectivity index (χ1n) is 9.93. The lowest BCUT2D eigenvalue weighted by atomic mass is 10.1. The Hall–Kier alpha value is -2.62. The van der Waals surface area contributed by atoms with Gasteiger partial charge < -0.3 is 14.8 Å². The van der Waals surface area contributed by atoms with E-state index >= 15 is 0 Å². The number of sulfonamides is 1. The third-order valence-electron chi connectivity index (χ3n) is 5.31. The van der Waals surface area contributed by atoms with E-state index in [9.17, 15) is 13.2 Å². The molecule has 1 unspecified atom stereocenters. The summed E-state index contributed by atoms with van der Waals surface area (Å²) in [7, 11) is -3.69. The number of hydrogen-bond acceptors (Lipinski definition) is 6. The summed E-state index contributed by atoms with van der Waals surface area (Å²) in [6.45, 7) is 3.70. The average molecular weight is 432 g/mol. The lowest BCUT2D eigenvalue weighted by Gasteiger charge is -2.28. The number of nitrogens with zero attached hydrogens (tertiary/aromatic N) is 1. The van der Waals surface area contributed by atoms with Crippen LogP contribution in [0.25, 0.3) is 0 Å². The fraction of sp³-hybridized carbons (Fsp3) is 0.381. The summed E-state index contributed by atoms with van der Waals surface area (Å²) in [5.41, 5.74) is 1.54. The number of carbonyl (C=O) groups is 1. The molecule has 0 saturated carbocycles. The van der Waals surface area contributed by atoms with Crippen LogP contribution in [0, 0.1) is 0 Å². The maximum absolute atomic E-state index is 12.8. The number of fused-ring (bicyclic) bond motifs is 1. The maximum Gasteiger partial charge on any atom is 0.240 e. The molecule has 2 aliphatic rings. The van der Waals surface area contributed by atoms with Gasteiger partial charge in [-0.1, -0.05) is 6.07 Å². The zero-order valence-electron chi connectivity index (χ0n) is 16.8. The van der Waals surface area contributed by atoms with Gasteiger partial charge in [0.1, 0.15) is 0 Å². The van der Waals surface area contributed by atoms with Crippen LogP contribution in [0.5, 0.6) is 11.5 Å². The van der Waals surface area contributed by atoms with E-state index in [-0.39, 0.29) is 30.2 Å². The fourth-order valence-electron chi connectivity index (χ4n) is 3.82. The standard InChI is InChI=1S/C21H25N3O5S/c1-15(25)23-17-5-7-18(8-6-17)30(26,27)22-13-19(24-10-2-3-11-24)16-4-9-20-21(12-16)29-14-28-20/h4-9,12,19,22H,2-3,10-11,13-14H2,1H3,(H,23,25). The molecular weight excluding hydrogens is 406 g/mol. The van der Waals surface area contributed by atoms with Crippen LogP contribution in [0.4, 0.5) is 5.69 Å². The van der Waals surface area contributed by atoms with Crippen LogP contribution in [0.1, 0.15) is 31.4 Å². The number of hydrogen-bond donors (Lipinski definition) is 2. The van der Waals surface area contributed by atoms with Crippen molar-refractivity contribution in [3.05, 3.63) is 48.0 Å². The molecule has 2 N–H and O–H groups in total. The van der Waals surface area contributed by atoms with Crippen molar-refractivity contribution in [1.29, 1.82) is 0 Å². The lowest BCUT2D eigenvalue weighted by molar-refractivity contribution is -0.114. The van der Waals surface area contributed by atoms with E-state index in [0.717, 1.165) is 31.5 Å². The lowest BCUT2D eigenvalue weighted by Crippen LogP contribution is -2.36. The predicted octanol–water partition coefficient (Wildman–Crippen LogP) is 2.49. The van der Waals surface area contributed by atoms with Gasteiger partial charge in [-0.15, -0.1) is 0 Å². The molecule has 1 amide bonds. The Morgan fingerprint density at radius 1 is 1.07 bits per heavy atom.